The molecule has 1 saturated carbocycles. The molecule has 1 aromatic carbocycles. The summed E-state index contributed by atoms with van der Waals surface area (Å²) in [6.07, 6.45) is 6.46. The molecule has 3 rings (SSSR count). The zero-order valence-corrected chi connectivity index (χ0v) is 17.7. The van der Waals surface area contributed by atoms with Crippen molar-refractivity contribution in [1.29, 1.82) is 0 Å². The largest absolute Gasteiger partial charge is 0.356 e. The number of amides is 1. The van der Waals surface area contributed by atoms with Crippen LogP contribution in [0.2, 0.25) is 0 Å². The van der Waals surface area contributed by atoms with Crippen LogP contribution in [0.25, 0.3) is 0 Å². The summed E-state index contributed by atoms with van der Waals surface area (Å²) in [5.74, 6) is 2.78. The van der Waals surface area contributed by atoms with E-state index in [-0.39, 0.29) is 5.91 Å². The van der Waals surface area contributed by atoms with Crippen LogP contribution in [0, 0.1) is 11.8 Å². The number of fused-ring (bicyclic) bond motifs is 1. The van der Waals surface area contributed by atoms with Gasteiger partial charge >= 0.3 is 0 Å². The van der Waals surface area contributed by atoms with Gasteiger partial charge in [0.2, 0.25) is 5.91 Å². The van der Waals surface area contributed by atoms with Crippen LogP contribution in [-0.4, -0.2) is 36.4 Å². The Bertz CT molecular complexity index is 652. The molecule has 154 valence electrons. The van der Waals surface area contributed by atoms with Crippen molar-refractivity contribution in [1.82, 2.24) is 15.5 Å². The molecule has 0 unspecified atom stereocenters. The summed E-state index contributed by atoms with van der Waals surface area (Å²) in [6.45, 7) is 6.95. The normalized spacial score (nSPS) is 22.3. The highest BCUT2D eigenvalue weighted by Gasteiger charge is 2.24. The number of nitrogens with zero attached hydrogens (tertiary/aromatic N) is 2. The fourth-order valence-corrected chi connectivity index (χ4v) is 4.43. The average Bonchev–Trinajstić information content (AvgIpc) is 3.15. The fourth-order valence-electron chi connectivity index (χ4n) is 4.43. The molecule has 0 saturated heterocycles. The lowest BCUT2D eigenvalue weighted by atomic mass is 9.80. The Morgan fingerprint density at radius 1 is 1.14 bits per heavy atom. The van der Waals surface area contributed by atoms with Crippen LogP contribution in [0.3, 0.4) is 0 Å². The standard InChI is InChI=1S/C23H36N4O/c1-17(2)18-10-12-21(13-11-18)26-23(24-3)25-14-6-9-22(28)27-15-19-7-4-5-8-20(19)16-27/h4-5,7-8,17-18,21H,6,9-16H2,1-3H3,(H2,24,25,26). The van der Waals surface area contributed by atoms with Crippen LogP contribution in [0.1, 0.15) is 63.5 Å². The van der Waals surface area contributed by atoms with E-state index in [9.17, 15) is 4.79 Å². The summed E-state index contributed by atoms with van der Waals surface area (Å²) in [4.78, 5) is 18.8. The number of carbonyl (C=O) groups excluding carboxylic acids is 1. The zero-order valence-electron chi connectivity index (χ0n) is 17.7. The van der Waals surface area contributed by atoms with Crippen LogP contribution in [0.4, 0.5) is 0 Å². The summed E-state index contributed by atoms with van der Waals surface area (Å²) in [6, 6.07) is 8.85. The lowest BCUT2D eigenvalue weighted by Gasteiger charge is -2.32. The van der Waals surface area contributed by atoms with E-state index in [1.54, 1.807) is 0 Å². The molecule has 0 aromatic heterocycles. The Hall–Kier alpha value is -2.04. The number of benzene rings is 1. The molecule has 0 bridgehead atoms. The highest BCUT2D eigenvalue weighted by molar-refractivity contribution is 5.80. The molecule has 5 nitrogen and oxygen atoms in total. The Kier molecular flexibility index (Phi) is 7.35. The Morgan fingerprint density at radius 3 is 2.36 bits per heavy atom. The molecule has 1 aromatic rings. The van der Waals surface area contributed by atoms with Crippen LogP contribution < -0.4 is 10.6 Å². The van der Waals surface area contributed by atoms with E-state index < -0.39 is 0 Å². The lowest BCUT2D eigenvalue weighted by molar-refractivity contribution is -0.131. The van der Waals surface area contributed by atoms with Crippen LogP contribution in [0.5, 0.6) is 0 Å². The average molecular weight is 385 g/mol. The maximum absolute atomic E-state index is 12.5. The molecule has 1 aliphatic heterocycles. The van der Waals surface area contributed by atoms with Gasteiger partial charge in [0.15, 0.2) is 5.96 Å². The van der Waals surface area contributed by atoms with Crippen molar-refractivity contribution in [3.8, 4) is 0 Å². The quantitative estimate of drug-likeness (QED) is 0.447. The van der Waals surface area contributed by atoms with Gasteiger partial charge in [-0.3, -0.25) is 9.79 Å². The minimum absolute atomic E-state index is 0.243. The van der Waals surface area contributed by atoms with E-state index in [4.69, 9.17) is 0 Å². The maximum atomic E-state index is 12.5. The summed E-state index contributed by atoms with van der Waals surface area (Å²) in [5.41, 5.74) is 2.57. The van der Waals surface area contributed by atoms with E-state index >= 15 is 0 Å². The number of guanidine groups is 1. The lowest BCUT2D eigenvalue weighted by Crippen LogP contribution is -2.45. The number of nitrogens with one attached hydrogen (secondary N) is 2. The van der Waals surface area contributed by atoms with E-state index in [2.05, 4.69) is 41.6 Å². The van der Waals surface area contributed by atoms with Gasteiger partial charge < -0.3 is 15.5 Å². The second-order valence-corrected chi connectivity index (χ2v) is 8.62. The van der Waals surface area contributed by atoms with Gasteiger partial charge in [-0.05, 0) is 55.1 Å². The predicted molar refractivity (Wildman–Crippen MR) is 115 cm³/mol. The molecule has 0 atom stereocenters. The third kappa shape index (κ3) is 5.49. The molecule has 1 amide bonds. The number of carbonyl (C=O) groups is 1. The van der Waals surface area contributed by atoms with Crippen LogP contribution in [-0.2, 0) is 17.9 Å². The van der Waals surface area contributed by atoms with Gasteiger partial charge in [-0.25, -0.2) is 0 Å². The van der Waals surface area contributed by atoms with Gasteiger partial charge in [0.05, 0.1) is 0 Å². The number of aliphatic imine (C=N–C) groups is 1. The maximum Gasteiger partial charge on any atom is 0.223 e. The highest BCUT2D eigenvalue weighted by Crippen LogP contribution is 2.29. The predicted octanol–water partition coefficient (Wildman–Crippen LogP) is 3.69. The second kappa shape index (κ2) is 9.94. The first-order valence-corrected chi connectivity index (χ1v) is 10.9. The van der Waals surface area contributed by atoms with Gasteiger partial charge in [-0.1, -0.05) is 38.1 Å². The molecule has 0 radical (unpaired) electrons. The molecule has 1 fully saturated rings. The first kappa shape index (κ1) is 20.7. The Labute approximate surface area is 170 Å². The monoisotopic (exact) mass is 384 g/mol. The van der Waals surface area contributed by atoms with Crippen molar-refractivity contribution < 1.29 is 4.79 Å². The summed E-state index contributed by atoms with van der Waals surface area (Å²) in [7, 11) is 1.82. The molecule has 28 heavy (non-hydrogen) atoms. The Balaban J connectivity index is 1.32. The van der Waals surface area contributed by atoms with Crippen molar-refractivity contribution in [3.63, 3.8) is 0 Å². The van der Waals surface area contributed by atoms with E-state index in [0.29, 0.717) is 12.5 Å². The Morgan fingerprint density at radius 2 is 1.79 bits per heavy atom. The van der Waals surface area contributed by atoms with Gasteiger partial charge in [0.1, 0.15) is 0 Å². The summed E-state index contributed by atoms with van der Waals surface area (Å²) >= 11 is 0. The third-order valence-corrected chi connectivity index (χ3v) is 6.33. The van der Waals surface area contributed by atoms with Crippen molar-refractivity contribution in [2.24, 2.45) is 16.8 Å². The summed E-state index contributed by atoms with van der Waals surface area (Å²) in [5, 5.41) is 6.95. The first-order valence-electron chi connectivity index (χ1n) is 10.9. The van der Waals surface area contributed by atoms with Gasteiger partial charge in [-0.15, -0.1) is 0 Å². The van der Waals surface area contributed by atoms with E-state index in [0.717, 1.165) is 43.9 Å². The first-order chi connectivity index (χ1) is 13.6. The second-order valence-electron chi connectivity index (χ2n) is 8.62. The smallest absolute Gasteiger partial charge is 0.223 e. The molecular weight excluding hydrogens is 348 g/mol. The molecule has 1 aliphatic carbocycles. The minimum atomic E-state index is 0.243. The SMILES string of the molecule is CN=C(NCCCC(=O)N1Cc2ccccc2C1)NC1CCC(C(C)C)CC1. The third-order valence-electron chi connectivity index (χ3n) is 6.33. The van der Waals surface area contributed by atoms with Crippen molar-refractivity contribution in [3.05, 3.63) is 35.4 Å². The fraction of sp³-hybridized carbons (Fsp3) is 0.652. The zero-order chi connectivity index (χ0) is 19.9. The number of rotatable bonds is 6. The van der Waals surface area contributed by atoms with Crippen molar-refractivity contribution in [2.75, 3.05) is 13.6 Å². The molecule has 2 N–H and O–H groups in total. The van der Waals surface area contributed by atoms with Crippen LogP contribution >= 0.6 is 0 Å². The molecule has 1 heterocycles. The highest BCUT2D eigenvalue weighted by atomic mass is 16.2. The molecule has 0 spiro atoms. The molecule has 2 aliphatic rings. The van der Waals surface area contributed by atoms with Crippen molar-refractivity contribution >= 4 is 11.9 Å². The van der Waals surface area contributed by atoms with Crippen molar-refractivity contribution in [2.45, 2.75) is 71.5 Å². The molecule has 5 heteroatoms. The van der Waals surface area contributed by atoms with Gasteiger partial charge in [-0.2, -0.15) is 0 Å². The van der Waals surface area contributed by atoms with E-state index in [1.165, 1.54) is 36.8 Å². The summed E-state index contributed by atoms with van der Waals surface area (Å²) < 4.78 is 0. The number of hydrogen-bond acceptors (Lipinski definition) is 2. The van der Waals surface area contributed by atoms with Gasteiger partial charge in [0.25, 0.3) is 0 Å². The topological polar surface area (TPSA) is 56.7 Å². The molecular formula is C23H36N4O. The van der Waals surface area contributed by atoms with E-state index in [1.807, 2.05) is 24.1 Å². The van der Waals surface area contributed by atoms with Gasteiger partial charge in [0, 0.05) is 39.1 Å². The van der Waals surface area contributed by atoms with Crippen LogP contribution in [0.15, 0.2) is 29.3 Å². The number of hydrogen-bond donors (Lipinski definition) is 2. The minimum Gasteiger partial charge on any atom is -0.356 e.